The molecule has 0 saturated carbocycles. The third kappa shape index (κ3) is 1.31. The van der Waals surface area contributed by atoms with Crippen molar-refractivity contribution < 1.29 is 9.75 Å². The molecule has 1 aliphatic heterocycles. The Hall–Kier alpha value is -0.120. The van der Waals surface area contributed by atoms with Crippen LogP contribution in [0.4, 0.5) is 0 Å². The van der Waals surface area contributed by atoms with Crippen molar-refractivity contribution >= 4 is 0 Å². The lowest BCUT2D eigenvalue weighted by Crippen LogP contribution is -2.52. The number of hydrogen-bond donors (Lipinski definition) is 1. The van der Waals surface area contributed by atoms with Gasteiger partial charge in [0.2, 0.25) is 0 Å². The maximum Gasteiger partial charge on any atom is 0.180 e. The molecular formula is C7H15NO2. The van der Waals surface area contributed by atoms with Crippen molar-refractivity contribution in [2.24, 2.45) is 0 Å². The predicted octanol–water partition coefficient (Wildman–Crippen LogP) is 0.823. The van der Waals surface area contributed by atoms with E-state index in [0.717, 1.165) is 19.3 Å². The average molecular weight is 145 g/mol. The first-order valence-corrected chi connectivity index (χ1v) is 3.88. The second-order valence-electron chi connectivity index (χ2n) is 3.16. The number of piperidine rings is 1. The van der Waals surface area contributed by atoms with E-state index in [9.17, 15) is 5.21 Å². The number of likely N-dealkylation sites (tertiary alicyclic amines) is 1. The molecule has 0 radical (unpaired) electrons. The van der Waals surface area contributed by atoms with Crippen molar-refractivity contribution in [3.63, 3.8) is 0 Å². The molecule has 1 fully saturated rings. The summed E-state index contributed by atoms with van der Waals surface area (Å²) in [5, 5.41) is 20.3. The van der Waals surface area contributed by atoms with Gasteiger partial charge in [0, 0.05) is 0 Å². The highest BCUT2D eigenvalue weighted by atomic mass is 16.6. The first-order chi connectivity index (χ1) is 4.69. The second-order valence-corrected chi connectivity index (χ2v) is 3.16. The van der Waals surface area contributed by atoms with Gasteiger partial charge >= 0.3 is 0 Å². The molecule has 0 aliphatic carbocycles. The summed E-state index contributed by atoms with van der Waals surface area (Å²) in [5.74, 6) is 0. The molecule has 0 amide bonds. The molecule has 0 aromatic heterocycles. The molecule has 1 aliphatic rings. The SMILES string of the molecule is CC1CCCC[N+]1([O-])CO. The summed E-state index contributed by atoms with van der Waals surface area (Å²) in [7, 11) is 0. The van der Waals surface area contributed by atoms with E-state index in [-0.39, 0.29) is 17.4 Å². The van der Waals surface area contributed by atoms with Gasteiger partial charge in [0.05, 0.1) is 12.6 Å². The van der Waals surface area contributed by atoms with Gasteiger partial charge in [-0.05, 0) is 26.2 Å². The molecule has 3 nitrogen and oxygen atoms in total. The van der Waals surface area contributed by atoms with Crippen LogP contribution in [0.1, 0.15) is 26.2 Å². The van der Waals surface area contributed by atoms with Crippen molar-refractivity contribution in [1.82, 2.24) is 0 Å². The smallest absolute Gasteiger partial charge is 0.180 e. The van der Waals surface area contributed by atoms with Crippen molar-refractivity contribution in [3.8, 4) is 0 Å². The van der Waals surface area contributed by atoms with Gasteiger partial charge in [-0.15, -0.1) is 0 Å². The Morgan fingerprint density at radius 2 is 2.30 bits per heavy atom. The van der Waals surface area contributed by atoms with Crippen LogP contribution in [0.15, 0.2) is 0 Å². The van der Waals surface area contributed by atoms with Crippen LogP contribution in [0.2, 0.25) is 0 Å². The van der Waals surface area contributed by atoms with Crippen LogP contribution in [0.5, 0.6) is 0 Å². The van der Waals surface area contributed by atoms with Crippen LogP contribution < -0.4 is 0 Å². The van der Waals surface area contributed by atoms with Gasteiger partial charge in [-0.25, -0.2) is 0 Å². The molecule has 60 valence electrons. The van der Waals surface area contributed by atoms with Gasteiger partial charge in [0.1, 0.15) is 0 Å². The highest BCUT2D eigenvalue weighted by molar-refractivity contribution is 4.60. The first kappa shape index (κ1) is 7.98. The number of hydroxylamine groups is 3. The van der Waals surface area contributed by atoms with Gasteiger partial charge in [0.25, 0.3) is 0 Å². The van der Waals surface area contributed by atoms with Gasteiger partial charge in [0.15, 0.2) is 6.73 Å². The minimum Gasteiger partial charge on any atom is -0.631 e. The Bertz CT molecular complexity index is 118. The molecular weight excluding hydrogens is 130 g/mol. The summed E-state index contributed by atoms with van der Waals surface area (Å²) >= 11 is 0. The van der Waals surface area contributed by atoms with Crippen LogP contribution >= 0.6 is 0 Å². The first-order valence-electron chi connectivity index (χ1n) is 3.88. The zero-order valence-corrected chi connectivity index (χ0v) is 6.42. The molecule has 2 atom stereocenters. The fraction of sp³-hybridized carbons (Fsp3) is 1.00. The zero-order valence-electron chi connectivity index (χ0n) is 6.42. The van der Waals surface area contributed by atoms with E-state index in [1.165, 1.54) is 0 Å². The molecule has 1 heterocycles. The van der Waals surface area contributed by atoms with E-state index in [0.29, 0.717) is 6.54 Å². The molecule has 0 aromatic carbocycles. The number of aliphatic hydroxyl groups excluding tert-OH is 1. The fourth-order valence-corrected chi connectivity index (χ4v) is 1.48. The maximum absolute atomic E-state index is 11.5. The molecule has 10 heavy (non-hydrogen) atoms. The Balaban J connectivity index is 2.54. The van der Waals surface area contributed by atoms with Gasteiger partial charge in [-0.3, -0.25) is 0 Å². The van der Waals surface area contributed by atoms with Crippen molar-refractivity contribution in [1.29, 1.82) is 0 Å². The zero-order chi connectivity index (χ0) is 7.61. The normalized spacial score (nSPS) is 41.7. The van der Waals surface area contributed by atoms with E-state index < -0.39 is 0 Å². The van der Waals surface area contributed by atoms with Crippen molar-refractivity contribution in [2.45, 2.75) is 32.2 Å². The van der Waals surface area contributed by atoms with Crippen LogP contribution in [0.3, 0.4) is 0 Å². The summed E-state index contributed by atoms with van der Waals surface area (Å²) in [4.78, 5) is 0. The van der Waals surface area contributed by atoms with E-state index in [1.54, 1.807) is 0 Å². The number of rotatable bonds is 1. The molecule has 1 saturated heterocycles. The van der Waals surface area contributed by atoms with E-state index in [2.05, 4.69) is 0 Å². The summed E-state index contributed by atoms with van der Waals surface area (Å²) < 4.78 is -0.389. The Morgan fingerprint density at radius 1 is 1.60 bits per heavy atom. The quantitative estimate of drug-likeness (QED) is 0.438. The molecule has 0 aromatic rings. The number of aliphatic hydroxyl groups is 1. The Labute approximate surface area is 61.4 Å². The van der Waals surface area contributed by atoms with Gasteiger partial charge in [-0.1, -0.05) is 0 Å². The summed E-state index contributed by atoms with van der Waals surface area (Å²) in [6.45, 7) is 2.27. The lowest BCUT2D eigenvalue weighted by Gasteiger charge is -2.48. The highest BCUT2D eigenvalue weighted by Crippen LogP contribution is 2.22. The topological polar surface area (TPSA) is 43.3 Å². The largest absolute Gasteiger partial charge is 0.631 e. The third-order valence-corrected chi connectivity index (χ3v) is 2.45. The minimum atomic E-state index is -0.389. The van der Waals surface area contributed by atoms with E-state index in [1.807, 2.05) is 6.92 Å². The highest BCUT2D eigenvalue weighted by Gasteiger charge is 2.26. The molecule has 1 N–H and O–H groups in total. The van der Waals surface area contributed by atoms with Crippen LogP contribution in [0.25, 0.3) is 0 Å². The number of hydrogen-bond acceptors (Lipinski definition) is 2. The number of nitrogens with zero attached hydrogens (tertiary/aromatic N) is 1. The third-order valence-electron chi connectivity index (χ3n) is 2.45. The Morgan fingerprint density at radius 3 is 2.70 bits per heavy atom. The van der Waals surface area contributed by atoms with Crippen LogP contribution in [-0.2, 0) is 0 Å². The molecule has 3 heteroatoms. The molecule has 1 rings (SSSR count). The average Bonchev–Trinajstić information content (AvgIpc) is 1.96. The fourth-order valence-electron chi connectivity index (χ4n) is 1.48. The van der Waals surface area contributed by atoms with E-state index >= 15 is 0 Å². The minimum absolute atomic E-state index is 0.0961. The molecule has 0 spiro atoms. The monoisotopic (exact) mass is 145 g/mol. The standard InChI is InChI=1S/C7H15NO2/c1-7-4-2-3-5-8(7,10)6-9/h7,9H,2-6H2,1H3. The maximum atomic E-state index is 11.5. The molecule has 0 bridgehead atoms. The van der Waals surface area contributed by atoms with E-state index in [4.69, 9.17) is 5.11 Å². The Kier molecular flexibility index (Phi) is 2.28. The van der Waals surface area contributed by atoms with Crippen molar-refractivity contribution in [2.75, 3.05) is 13.3 Å². The molecule has 2 unspecified atom stereocenters. The second kappa shape index (κ2) is 2.86. The van der Waals surface area contributed by atoms with Gasteiger partial charge in [-0.2, -0.15) is 0 Å². The number of quaternary nitrogens is 1. The summed E-state index contributed by atoms with van der Waals surface area (Å²) in [5.41, 5.74) is 0. The van der Waals surface area contributed by atoms with Crippen LogP contribution in [0, 0.1) is 5.21 Å². The lowest BCUT2D eigenvalue weighted by molar-refractivity contribution is -0.925. The summed E-state index contributed by atoms with van der Waals surface area (Å²) in [6, 6.07) is 0.0961. The van der Waals surface area contributed by atoms with Gasteiger partial charge < -0.3 is 15.0 Å². The predicted molar refractivity (Wildman–Crippen MR) is 38.9 cm³/mol. The van der Waals surface area contributed by atoms with Crippen molar-refractivity contribution in [3.05, 3.63) is 5.21 Å². The lowest BCUT2D eigenvalue weighted by atomic mass is 10.0. The summed E-state index contributed by atoms with van der Waals surface area (Å²) in [6.07, 6.45) is 3.07. The van der Waals surface area contributed by atoms with Crippen LogP contribution in [-0.4, -0.2) is 29.1 Å².